The van der Waals surface area contributed by atoms with Crippen molar-refractivity contribution in [3.63, 3.8) is 0 Å². The Morgan fingerprint density at radius 3 is 2.33 bits per heavy atom. The maximum absolute atomic E-state index is 13.4. The molecule has 1 fully saturated rings. The summed E-state index contributed by atoms with van der Waals surface area (Å²) in [4.78, 5) is 38.0. The van der Waals surface area contributed by atoms with Gasteiger partial charge in [-0.1, -0.05) is 12.1 Å². The quantitative estimate of drug-likeness (QED) is 0.283. The lowest BCUT2D eigenvalue weighted by molar-refractivity contribution is -0.147. The van der Waals surface area contributed by atoms with Gasteiger partial charge in [-0.25, -0.2) is 0 Å². The van der Waals surface area contributed by atoms with Gasteiger partial charge in [0, 0.05) is 11.5 Å². The van der Waals surface area contributed by atoms with Gasteiger partial charge in [-0.3, -0.25) is 14.4 Å². The lowest BCUT2D eigenvalue weighted by Crippen LogP contribution is -2.59. The summed E-state index contributed by atoms with van der Waals surface area (Å²) in [5.41, 5.74) is -1.16. The lowest BCUT2D eigenvalue weighted by Gasteiger charge is -2.47. The van der Waals surface area contributed by atoms with Gasteiger partial charge in [0.1, 0.15) is 22.8 Å². The number of aliphatic hydroxyl groups is 4. The number of carbonyl (C=O) groups excluding carboxylic acids is 3. The van der Waals surface area contributed by atoms with E-state index in [-0.39, 0.29) is 28.7 Å². The topological polar surface area (TPSA) is 178 Å². The van der Waals surface area contributed by atoms with Crippen molar-refractivity contribution in [2.24, 2.45) is 11.7 Å². The third-order valence-electron chi connectivity index (χ3n) is 6.37. The molecule has 1 amide bonds. The molecule has 0 spiro atoms. The number of Topliss-reactive ketones (excluding diaryl/α,β-unsaturated/α-hetero) is 2. The zero-order valence-electron chi connectivity index (χ0n) is 16.1. The van der Waals surface area contributed by atoms with Gasteiger partial charge in [-0.05, 0) is 43.0 Å². The number of phenols is 1. The molecule has 30 heavy (non-hydrogen) atoms. The van der Waals surface area contributed by atoms with E-state index >= 15 is 0 Å². The standard InChI is InChI=1S/C21H19NO8/c1-7-9-6-10-13(16(25)12-8(20(10,2)29)4-3-5-11(12)23)17(26)21(9,30)18(27)14(15(7)24)19(22)28/h3-5,10,23-25,29-30H,6H2,1-2H3,(H2,22,28)/t10-,20+,21-/m0/s1. The molecule has 0 aliphatic heterocycles. The fourth-order valence-corrected chi connectivity index (χ4v) is 4.74. The van der Waals surface area contributed by atoms with E-state index in [1.54, 1.807) is 0 Å². The van der Waals surface area contributed by atoms with Crippen LogP contribution in [-0.4, -0.2) is 48.6 Å². The minimum Gasteiger partial charge on any atom is -0.507 e. The van der Waals surface area contributed by atoms with Crippen molar-refractivity contribution < 1.29 is 39.9 Å². The third-order valence-corrected chi connectivity index (χ3v) is 6.37. The van der Waals surface area contributed by atoms with Gasteiger partial charge in [0.05, 0.1) is 11.2 Å². The first-order valence-corrected chi connectivity index (χ1v) is 9.10. The van der Waals surface area contributed by atoms with E-state index in [1.165, 1.54) is 32.0 Å². The van der Waals surface area contributed by atoms with Crippen LogP contribution in [0.3, 0.4) is 0 Å². The molecule has 0 saturated heterocycles. The van der Waals surface area contributed by atoms with Gasteiger partial charge in [0.25, 0.3) is 5.91 Å². The number of nitrogens with two attached hydrogens (primary N) is 1. The van der Waals surface area contributed by atoms with Crippen LogP contribution in [0.2, 0.25) is 0 Å². The molecule has 0 unspecified atom stereocenters. The maximum atomic E-state index is 13.4. The molecule has 0 bridgehead atoms. The molecule has 7 N–H and O–H groups in total. The molecular formula is C21H19NO8. The number of ketones is 2. The van der Waals surface area contributed by atoms with Crippen LogP contribution in [0.4, 0.5) is 0 Å². The number of hydrogen-bond donors (Lipinski definition) is 6. The molecule has 3 aliphatic rings. The summed E-state index contributed by atoms with van der Waals surface area (Å²) in [5, 5.41) is 53.8. The van der Waals surface area contributed by atoms with Crippen LogP contribution in [0, 0.1) is 5.92 Å². The molecule has 3 aliphatic carbocycles. The van der Waals surface area contributed by atoms with Gasteiger partial charge >= 0.3 is 0 Å². The number of fused-ring (bicyclic) bond motifs is 3. The second-order valence-corrected chi connectivity index (χ2v) is 7.93. The van der Waals surface area contributed by atoms with Crippen LogP contribution < -0.4 is 5.73 Å². The molecule has 0 aromatic heterocycles. The number of allylic oxidation sites excluding steroid dienone is 1. The van der Waals surface area contributed by atoms with Crippen LogP contribution >= 0.6 is 0 Å². The Labute approximate surface area is 170 Å². The van der Waals surface area contributed by atoms with Gasteiger partial charge < -0.3 is 31.3 Å². The van der Waals surface area contributed by atoms with E-state index < -0.39 is 63.0 Å². The lowest BCUT2D eigenvalue weighted by atomic mass is 9.57. The van der Waals surface area contributed by atoms with Crippen LogP contribution in [-0.2, 0) is 20.0 Å². The number of primary amides is 1. The molecule has 9 nitrogen and oxygen atoms in total. The fourth-order valence-electron chi connectivity index (χ4n) is 4.74. The highest BCUT2D eigenvalue weighted by Gasteiger charge is 2.62. The highest BCUT2D eigenvalue weighted by atomic mass is 16.3. The summed E-state index contributed by atoms with van der Waals surface area (Å²) < 4.78 is 0. The molecule has 0 heterocycles. The summed E-state index contributed by atoms with van der Waals surface area (Å²) >= 11 is 0. The van der Waals surface area contributed by atoms with Crippen molar-refractivity contribution in [1.82, 2.24) is 0 Å². The van der Waals surface area contributed by atoms with Crippen LogP contribution in [0.25, 0.3) is 5.76 Å². The number of aromatic hydroxyl groups is 1. The normalized spacial score (nSPS) is 30.9. The van der Waals surface area contributed by atoms with E-state index in [1.807, 2.05) is 0 Å². The zero-order chi connectivity index (χ0) is 22.3. The minimum atomic E-state index is -2.88. The monoisotopic (exact) mass is 413 g/mol. The number of hydrogen-bond acceptors (Lipinski definition) is 8. The molecule has 1 saturated carbocycles. The smallest absolute Gasteiger partial charge is 0.256 e. The Morgan fingerprint density at radius 2 is 1.73 bits per heavy atom. The van der Waals surface area contributed by atoms with Crippen LogP contribution in [0.15, 0.2) is 46.3 Å². The zero-order valence-corrected chi connectivity index (χ0v) is 16.1. The Kier molecular flexibility index (Phi) is 3.84. The van der Waals surface area contributed by atoms with Crippen LogP contribution in [0.1, 0.15) is 31.4 Å². The fraction of sp³-hybridized carbons (Fsp3) is 0.286. The Bertz CT molecular complexity index is 1170. The van der Waals surface area contributed by atoms with E-state index in [2.05, 4.69) is 0 Å². The molecule has 1 aromatic rings. The van der Waals surface area contributed by atoms with Gasteiger partial charge in [0.2, 0.25) is 17.2 Å². The van der Waals surface area contributed by atoms with Crippen molar-refractivity contribution in [3.05, 3.63) is 57.4 Å². The second-order valence-electron chi connectivity index (χ2n) is 7.93. The van der Waals surface area contributed by atoms with Gasteiger partial charge in [-0.15, -0.1) is 0 Å². The Morgan fingerprint density at radius 1 is 1.10 bits per heavy atom. The predicted octanol–water partition coefficient (Wildman–Crippen LogP) is 0.399. The van der Waals surface area contributed by atoms with E-state index in [4.69, 9.17) is 5.73 Å². The van der Waals surface area contributed by atoms with Crippen molar-refractivity contribution in [2.75, 3.05) is 0 Å². The maximum Gasteiger partial charge on any atom is 0.256 e. The van der Waals surface area contributed by atoms with Crippen molar-refractivity contribution >= 4 is 23.2 Å². The predicted molar refractivity (Wildman–Crippen MR) is 102 cm³/mol. The largest absolute Gasteiger partial charge is 0.507 e. The third kappa shape index (κ3) is 2.10. The van der Waals surface area contributed by atoms with Crippen molar-refractivity contribution in [3.8, 4) is 5.75 Å². The summed E-state index contributed by atoms with van der Waals surface area (Å²) in [6.07, 6.45) is -0.280. The number of carbonyl (C=O) groups is 3. The average Bonchev–Trinajstić information content (AvgIpc) is 2.66. The number of amides is 1. The summed E-state index contributed by atoms with van der Waals surface area (Å²) in [7, 11) is 0. The molecule has 0 radical (unpaired) electrons. The van der Waals surface area contributed by atoms with Crippen LogP contribution in [0.5, 0.6) is 5.75 Å². The first-order valence-electron chi connectivity index (χ1n) is 9.10. The highest BCUT2D eigenvalue weighted by molar-refractivity contribution is 6.35. The Balaban J connectivity index is 2.06. The highest BCUT2D eigenvalue weighted by Crippen LogP contribution is 2.55. The SMILES string of the molecule is CC1=C2C[C@H]3C(=C(O)c4c(O)cccc4[C@@]3(C)O)C(=O)[C@]2(O)C(=O)C(C(N)=O)=C1O. The summed E-state index contributed by atoms with van der Waals surface area (Å²) in [5.74, 6) is -6.90. The van der Waals surface area contributed by atoms with Gasteiger partial charge in [0.15, 0.2) is 0 Å². The molecule has 1 aromatic carbocycles. The first kappa shape index (κ1) is 19.9. The van der Waals surface area contributed by atoms with E-state index in [9.17, 15) is 39.9 Å². The number of rotatable bonds is 1. The van der Waals surface area contributed by atoms with Gasteiger partial charge in [-0.2, -0.15) is 0 Å². The van der Waals surface area contributed by atoms with Crippen molar-refractivity contribution in [1.29, 1.82) is 0 Å². The molecule has 156 valence electrons. The Hall–Kier alpha value is -3.43. The summed E-state index contributed by atoms with van der Waals surface area (Å²) in [6.45, 7) is 2.69. The van der Waals surface area contributed by atoms with E-state index in [0.717, 1.165) is 0 Å². The molecule has 4 rings (SSSR count). The summed E-state index contributed by atoms with van der Waals surface area (Å²) in [6, 6.07) is 4.19. The molecular weight excluding hydrogens is 394 g/mol. The van der Waals surface area contributed by atoms with E-state index in [0.29, 0.717) is 0 Å². The minimum absolute atomic E-state index is 0.0877. The molecule has 3 atom stereocenters. The number of aliphatic hydroxyl groups excluding tert-OH is 2. The van der Waals surface area contributed by atoms with Crippen molar-refractivity contribution in [2.45, 2.75) is 31.5 Å². The second kappa shape index (κ2) is 5.80. The number of phenolic OH excluding ortho intramolecular Hbond substituents is 1. The molecule has 9 heteroatoms. The first-order chi connectivity index (χ1) is 13.9. The average molecular weight is 413 g/mol. The number of benzene rings is 1.